The summed E-state index contributed by atoms with van der Waals surface area (Å²) in [6.07, 6.45) is 0. The van der Waals surface area contributed by atoms with Crippen LogP contribution in [0.4, 0.5) is 0 Å². The Bertz CT molecular complexity index is 785. The summed E-state index contributed by atoms with van der Waals surface area (Å²) in [6, 6.07) is 9.80. The average molecular weight is 379 g/mol. The van der Waals surface area contributed by atoms with Crippen LogP contribution in [0.2, 0.25) is 5.02 Å². The fourth-order valence-corrected chi connectivity index (χ4v) is 2.18. The van der Waals surface area contributed by atoms with Gasteiger partial charge in [0.25, 0.3) is 11.8 Å². The van der Waals surface area contributed by atoms with Crippen LogP contribution < -0.4 is 5.32 Å². The number of carbonyl (C=O) groups excluding carboxylic acids is 3. The lowest BCUT2D eigenvalue weighted by atomic mass is 10.2. The molecule has 0 aliphatic carbocycles. The predicted octanol–water partition coefficient (Wildman–Crippen LogP) is 2.17. The van der Waals surface area contributed by atoms with E-state index >= 15 is 0 Å². The molecular weight excluding hydrogens is 360 g/mol. The number of nitrogens with zero attached hydrogens (tertiary/aromatic N) is 1. The molecule has 26 heavy (non-hydrogen) atoms. The van der Waals surface area contributed by atoms with E-state index in [9.17, 15) is 14.4 Å². The lowest BCUT2D eigenvalue weighted by Crippen LogP contribution is -2.34. The number of likely N-dealkylation sites (N-methyl/N-ethyl adjacent to an activating group) is 1. The molecule has 1 aromatic carbocycles. The van der Waals surface area contributed by atoms with Gasteiger partial charge in [-0.05, 0) is 43.3 Å². The first-order valence-electron chi connectivity index (χ1n) is 7.84. The summed E-state index contributed by atoms with van der Waals surface area (Å²) in [7, 11) is 1.58. The first kappa shape index (κ1) is 19.5. The first-order chi connectivity index (χ1) is 12.3. The van der Waals surface area contributed by atoms with Gasteiger partial charge in [-0.1, -0.05) is 11.6 Å². The molecule has 1 heterocycles. The highest BCUT2D eigenvalue weighted by atomic mass is 35.5. The van der Waals surface area contributed by atoms with Crippen molar-refractivity contribution < 1.29 is 23.5 Å². The normalized spacial score (nSPS) is 10.3. The molecule has 0 aliphatic rings. The average Bonchev–Trinajstić information content (AvgIpc) is 3.02. The third-order valence-electron chi connectivity index (χ3n) is 3.47. The molecule has 0 saturated carbocycles. The largest absolute Gasteiger partial charge is 0.464 e. The molecule has 2 rings (SSSR count). The van der Waals surface area contributed by atoms with Crippen LogP contribution in [0.25, 0.3) is 0 Å². The van der Waals surface area contributed by atoms with Gasteiger partial charge in [0.2, 0.25) is 0 Å². The zero-order valence-corrected chi connectivity index (χ0v) is 15.2. The third kappa shape index (κ3) is 5.93. The Morgan fingerprint density at radius 1 is 1.15 bits per heavy atom. The Morgan fingerprint density at radius 3 is 2.46 bits per heavy atom. The second kappa shape index (κ2) is 9.05. The number of halogens is 1. The van der Waals surface area contributed by atoms with Crippen molar-refractivity contribution in [1.29, 1.82) is 0 Å². The third-order valence-corrected chi connectivity index (χ3v) is 3.72. The van der Waals surface area contributed by atoms with Gasteiger partial charge in [-0.15, -0.1) is 0 Å². The van der Waals surface area contributed by atoms with Crippen LogP contribution in [0, 0.1) is 6.92 Å². The molecule has 0 fully saturated rings. The second-order valence-electron chi connectivity index (χ2n) is 5.61. The maximum absolute atomic E-state index is 12.0. The number of nitrogens with one attached hydrogen (secondary N) is 1. The highest BCUT2D eigenvalue weighted by Crippen LogP contribution is 2.10. The van der Waals surface area contributed by atoms with Crippen molar-refractivity contribution in [2.75, 3.05) is 20.2 Å². The second-order valence-corrected chi connectivity index (χ2v) is 6.05. The fraction of sp³-hybridized carbons (Fsp3) is 0.278. The highest BCUT2D eigenvalue weighted by molar-refractivity contribution is 6.30. The molecule has 0 bridgehead atoms. The van der Waals surface area contributed by atoms with E-state index in [1.165, 1.54) is 17.0 Å². The molecule has 2 aromatic rings. The summed E-state index contributed by atoms with van der Waals surface area (Å²) in [5.41, 5.74) is 0.367. The van der Waals surface area contributed by atoms with Crippen LogP contribution in [-0.2, 0) is 20.9 Å². The lowest BCUT2D eigenvalue weighted by Gasteiger charge is -2.15. The molecule has 0 unspecified atom stereocenters. The lowest BCUT2D eigenvalue weighted by molar-refractivity contribution is -0.150. The Morgan fingerprint density at radius 2 is 1.85 bits per heavy atom. The fourth-order valence-electron chi connectivity index (χ4n) is 2.05. The molecule has 0 saturated heterocycles. The van der Waals surface area contributed by atoms with Gasteiger partial charge in [0.1, 0.15) is 18.1 Å². The Hall–Kier alpha value is -2.80. The number of hydrogen-bond donors (Lipinski definition) is 1. The molecule has 0 spiro atoms. The molecule has 0 radical (unpaired) electrons. The van der Waals surface area contributed by atoms with E-state index in [0.717, 1.165) is 5.76 Å². The number of benzene rings is 1. The van der Waals surface area contributed by atoms with Crippen LogP contribution in [0.1, 0.15) is 21.9 Å². The van der Waals surface area contributed by atoms with Crippen LogP contribution in [0.15, 0.2) is 40.8 Å². The number of carbonyl (C=O) groups is 3. The van der Waals surface area contributed by atoms with Crippen LogP contribution >= 0.6 is 11.6 Å². The molecule has 138 valence electrons. The van der Waals surface area contributed by atoms with Crippen molar-refractivity contribution in [3.8, 4) is 0 Å². The maximum atomic E-state index is 12.0. The molecule has 2 amide bonds. The van der Waals surface area contributed by atoms with Gasteiger partial charge >= 0.3 is 5.97 Å². The minimum Gasteiger partial charge on any atom is -0.464 e. The highest BCUT2D eigenvalue weighted by Gasteiger charge is 2.15. The minimum atomic E-state index is -0.706. The van der Waals surface area contributed by atoms with Crippen molar-refractivity contribution in [2.24, 2.45) is 0 Å². The van der Waals surface area contributed by atoms with Crippen molar-refractivity contribution in [3.63, 3.8) is 0 Å². The number of furan rings is 1. The number of esters is 1. The zero-order valence-electron chi connectivity index (χ0n) is 14.5. The van der Waals surface area contributed by atoms with Crippen LogP contribution in [-0.4, -0.2) is 42.9 Å². The maximum Gasteiger partial charge on any atom is 0.325 e. The monoisotopic (exact) mass is 378 g/mol. The van der Waals surface area contributed by atoms with Gasteiger partial charge < -0.3 is 19.4 Å². The number of amides is 2. The molecule has 1 N–H and O–H groups in total. The van der Waals surface area contributed by atoms with Gasteiger partial charge in [0, 0.05) is 17.6 Å². The van der Waals surface area contributed by atoms with Crippen molar-refractivity contribution >= 4 is 29.4 Å². The molecule has 1 aromatic heterocycles. The van der Waals surface area contributed by atoms with Crippen LogP contribution in [0.3, 0.4) is 0 Å². The topological polar surface area (TPSA) is 88.9 Å². The summed E-state index contributed by atoms with van der Waals surface area (Å²) in [5, 5.41) is 2.92. The van der Waals surface area contributed by atoms with Gasteiger partial charge in [0.15, 0.2) is 6.61 Å². The summed E-state index contributed by atoms with van der Waals surface area (Å²) in [5.74, 6) is -0.127. The van der Waals surface area contributed by atoms with E-state index in [-0.39, 0.29) is 19.0 Å². The van der Waals surface area contributed by atoms with E-state index in [1.807, 2.05) is 6.92 Å². The van der Waals surface area contributed by atoms with Crippen molar-refractivity contribution in [1.82, 2.24) is 10.2 Å². The van der Waals surface area contributed by atoms with E-state index in [1.54, 1.807) is 31.3 Å². The van der Waals surface area contributed by atoms with E-state index in [2.05, 4.69) is 5.32 Å². The minimum absolute atomic E-state index is 0.275. The smallest absolute Gasteiger partial charge is 0.325 e. The van der Waals surface area contributed by atoms with E-state index < -0.39 is 18.5 Å². The number of ether oxygens (including phenoxy) is 1. The van der Waals surface area contributed by atoms with Gasteiger partial charge in [-0.25, -0.2) is 0 Å². The Balaban J connectivity index is 1.71. The van der Waals surface area contributed by atoms with E-state index in [0.29, 0.717) is 16.3 Å². The summed E-state index contributed by atoms with van der Waals surface area (Å²) >= 11 is 5.74. The quantitative estimate of drug-likeness (QED) is 0.746. The Kier molecular flexibility index (Phi) is 6.80. The summed E-state index contributed by atoms with van der Waals surface area (Å²) < 4.78 is 10.3. The van der Waals surface area contributed by atoms with Gasteiger partial charge in [-0.2, -0.15) is 0 Å². The molecular formula is C18H19ClN2O5. The van der Waals surface area contributed by atoms with E-state index in [4.69, 9.17) is 20.8 Å². The number of aryl methyl sites for hydroxylation is 1. The SMILES string of the molecule is Cc1ccc(CN(C)C(=O)COC(=O)CNC(=O)c2ccc(Cl)cc2)o1. The first-order valence-corrected chi connectivity index (χ1v) is 8.21. The predicted molar refractivity (Wildman–Crippen MR) is 94.7 cm³/mol. The van der Waals surface area contributed by atoms with Gasteiger partial charge in [-0.3, -0.25) is 14.4 Å². The molecule has 8 heteroatoms. The summed E-state index contributed by atoms with van der Waals surface area (Å²) in [6.45, 7) is 1.34. The number of hydrogen-bond acceptors (Lipinski definition) is 5. The summed E-state index contributed by atoms with van der Waals surface area (Å²) in [4.78, 5) is 36.9. The zero-order chi connectivity index (χ0) is 19.1. The molecule has 7 nitrogen and oxygen atoms in total. The molecule has 0 aliphatic heterocycles. The van der Waals surface area contributed by atoms with Gasteiger partial charge in [0.05, 0.1) is 6.54 Å². The van der Waals surface area contributed by atoms with Crippen molar-refractivity contribution in [2.45, 2.75) is 13.5 Å². The van der Waals surface area contributed by atoms with Crippen molar-refractivity contribution in [3.05, 3.63) is 58.5 Å². The standard InChI is InChI=1S/C18H19ClN2O5/c1-12-3-8-15(26-12)10-21(2)16(22)11-25-17(23)9-20-18(24)13-4-6-14(19)7-5-13/h3-8H,9-11H2,1-2H3,(H,20,24). The Labute approximate surface area is 155 Å². The molecule has 0 atom stereocenters. The van der Waals surface area contributed by atoms with Crippen LogP contribution in [0.5, 0.6) is 0 Å². The number of rotatable bonds is 7.